The second-order valence-corrected chi connectivity index (χ2v) is 8.39. The van der Waals surface area contributed by atoms with Crippen LogP contribution in [-0.2, 0) is 4.74 Å². The third kappa shape index (κ3) is 3.79. The number of nitrogens with zero attached hydrogens (tertiary/aromatic N) is 3. The van der Waals surface area contributed by atoms with E-state index in [4.69, 9.17) is 4.74 Å². The van der Waals surface area contributed by atoms with Gasteiger partial charge in [0.1, 0.15) is 9.88 Å². The molecule has 144 valence electrons. The number of ether oxygens (including phenoxy) is 1. The summed E-state index contributed by atoms with van der Waals surface area (Å²) in [6.45, 7) is 9.39. The number of amides is 1. The molecule has 0 aliphatic carbocycles. The number of benzene rings is 1. The summed E-state index contributed by atoms with van der Waals surface area (Å²) >= 11 is 1.52. The molecule has 1 aromatic heterocycles. The Labute approximate surface area is 165 Å². The predicted molar refractivity (Wildman–Crippen MR) is 108 cm³/mol. The number of morpholine rings is 1. The van der Waals surface area contributed by atoms with Crippen LogP contribution in [0.15, 0.2) is 30.3 Å². The molecule has 2 aliphatic rings. The molecule has 0 spiro atoms. The van der Waals surface area contributed by atoms with Gasteiger partial charge in [0.25, 0.3) is 5.91 Å². The van der Waals surface area contributed by atoms with E-state index in [1.807, 2.05) is 42.2 Å². The lowest BCUT2D eigenvalue weighted by atomic mass is 9.99. The summed E-state index contributed by atoms with van der Waals surface area (Å²) in [6, 6.07) is 10.6. The van der Waals surface area contributed by atoms with Crippen molar-refractivity contribution in [2.24, 2.45) is 5.92 Å². The van der Waals surface area contributed by atoms with E-state index >= 15 is 0 Å². The van der Waals surface area contributed by atoms with E-state index in [0.717, 1.165) is 67.0 Å². The van der Waals surface area contributed by atoms with E-state index in [1.165, 1.54) is 11.3 Å². The molecular weight excluding hydrogens is 358 g/mol. The molecular formula is C21H27N3O2S. The smallest absolute Gasteiger partial charge is 0.265 e. The Morgan fingerprint density at radius 2 is 1.96 bits per heavy atom. The summed E-state index contributed by atoms with van der Waals surface area (Å²) in [7, 11) is 0. The number of aryl methyl sites for hydroxylation is 1. The first-order chi connectivity index (χ1) is 13.2. The lowest BCUT2D eigenvalue weighted by molar-refractivity contribution is 0.0103. The highest BCUT2D eigenvalue weighted by atomic mass is 32.1. The third-order valence-electron chi connectivity index (χ3n) is 5.74. The second kappa shape index (κ2) is 8.09. The molecule has 2 unspecified atom stereocenters. The van der Waals surface area contributed by atoms with Crippen LogP contribution in [0.3, 0.4) is 0 Å². The topological polar surface area (TPSA) is 45.7 Å². The van der Waals surface area contributed by atoms with Crippen molar-refractivity contribution in [3.8, 4) is 10.6 Å². The van der Waals surface area contributed by atoms with Crippen molar-refractivity contribution in [2.45, 2.75) is 26.3 Å². The Balaban J connectivity index is 1.52. The Kier molecular flexibility index (Phi) is 5.57. The van der Waals surface area contributed by atoms with Crippen molar-refractivity contribution in [1.82, 2.24) is 14.8 Å². The maximum Gasteiger partial charge on any atom is 0.265 e. The average Bonchev–Trinajstić information content (AvgIpc) is 3.33. The Morgan fingerprint density at radius 1 is 1.22 bits per heavy atom. The van der Waals surface area contributed by atoms with E-state index in [1.54, 1.807) is 0 Å². The predicted octanol–water partition coefficient (Wildman–Crippen LogP) is 3.30. The number of rotatable bonds is 4. The van der Waals surface area contributed by atoms with Crippen LogP contribution in [0, 0.1) is 12.8 Å². The van der Waals surface area contributed by atoms with Gasteiger partial charge in [-0.05, 0) is 12.8 Å². The van der Waals surface area contributed by atoms with Crippen LogP contribution < -0.4 is 0 Å². The van der Waals surface area contributed by atoms with Crippen LogP contribution in [-0.4, -0.2) is 66.1 Å². The molecule has 2 aliphatic heterocycles. The lowest BCUT2D eigenvalue weighted by Gasteiger charge is -2.34. The molecule has 0 bridgehead atoms. The van der Waals surface area contributed by atoms with Gasteiger partial charge in [0.15, 0.2) is 0 Å². The number of carbonyl (C=O) groups excluding carboxylic acids is 1. The molecule has 0 N–H and O–H groups in total. The summed E-state index contributed by atoms with van der Waals surface area (Å²) in [5, 5.41) is 0.924. The highest BCUT2D eigenvalue weighted by molar-refractivity contribution is 7.17. The van der Waals surface area contributed by atoms with Crippen LogP contribution in [0.4, 0.5) is 0 Å². The molecule has 5 nitrogen and oxygen atoms in total. The van der Waals surface area contributed by atoms with Gasteiger partial charge in [0.2, 0.25) is 0 Å². The number of aromatic nitrogens is 1. The Hall–Kier alpha value is -1.76. The average molecular weight is 386 g/mol. The fraction of sp³-hybridized carbons (Fsp3) is 0.524. The minimum atomic E-state index is 0.140. The summed E-state index contributed by atoms with van der Waals surface area (Å²) in [5.74, 6) is 0.676. The minimum Gasteiger partial charge on any atom is -0.379 e. The van der Waals surface area contributed by atoms with Gasteiger partial charge in [-0.3, -0.25) is 9.69 Å². The molecule has 3 heterocycles. The van der Waals surface area contributed by atoms with Gasteiger partial charge in [-0.1, -0.05) is 43.7 Å². The van der Waals surface area contributed by atoms with Crippen LogP contribution in [0.1, 0.15) is 28.7 Å². The van der Waals surface area contributed by atoms with Crippen molar-refractivity contribution in [3.63, 3.8) is 0 Å². The summed E-state index contributed by atoms with van der Waals surface area (Å²) in [5.41, 5.74) is 1.91. The van der Waals surface area contributed by atoms with Gasteiger partial charge < -0.3 is 9.64 Å². The van der Waals surface area contributed by atoms with Gasteiger partial charge in [-0.15, -0.1) is 11.3 Å². The van der Waals surface area contributed by atoms with E-state index in [9.17, 15) is 4.79 Å². The van der Waals surface area contributed by atoms with Crippen molar-refractivity contribution < 1.29 is 9.53 Å². The number of hydrogen-bond acceptors (Lipinski definition) is 5. The Morgan fingerprint density at radius 3 is 2.67 bits per heavy atom. The summed E-state index contributed by atoms with van der Waals surface area (Å²) in [6.07, 6.45) is 1.10. The zero-order valence-corrected chi connectivity index (χ0v) is 16.9. The van der Waals surface area contributed by atoms with Crippen LogP contribution in [0.2, 0.25) is 0 Å². The minimum absolute atomic E-state index is 0.140. The van der Waals surface area contributed by atoms with E-state index in [-0.39, 0.29) is 5.91 Å². The van der Waals surface area contributed by atoms with Gasteiger partial charge >= 0.3 is 0 Å². The quantitative estimate of drug-likeness (QED) is 0.810. The largest absolute Gasteiger partial charge is 0.379 e. The highest BCUT2D eigenvalue weighted by Gasteiger charge is 2.39. The van der Waals surface area contributed by atoms with Gasteiger partial charge in [0.05, 0.1) is 18.9 Å². The van der Waals surface area contributed by atoms with Crippen molar-refractivity contribution in [2.75, 3.05) is 39.4 Å². The maximum absolute atomic E-state index is 13.3. The normalized spacial score (nSPS) is 23.7. The monoisotopic (exact) mass is 385 g/mol. The molecule has 2 fully saturated rings. The molecule has 0 radical (unpaired) electrons. The molecule has 2 atom stereocenters. The summed E-state index contributed by atoms with van der Waals surface area (Å²) in [4.78, 5) is 23.3. The van der Waals surface area contributed by atoms with Gasteiger partial charge in [0, 0.05) is 37.8 Å². The first kappa shape index (κ1) is 18.6. The Bertz CT molecular complexity index is 786. The van der Waals surface area contributed by atoms with Crippen LogP contribution >= 0.6 is 11.3 Å². The highest BCUT2D eigenvalue weighted by Crippen LogP contribution is 2.32. The molecule has 1 amide bonds. The zero-order valence-electron chi connectivity index (χ0n) is 16.1. The standard InChI is InChI=1S/C21H27N3O2S/c1-3-16-13-24(14-18(16)23-9-11-26-12-10-23)21(25)19-15(2)22-20(27-19)17-7-5-4-6-8-17/h4-8,16,18H,3,9-14H2,1-2H3. The van der Waals surface area contributed by atoms with Gasteiger partial charge in [-0.25, -0.2) is 4.98 Å². The third-order valence-corrected chi connectivity index (χ3v) is 6.94. The van der Waals surface area contributed by atoms with Crippen molar-refractivity contribution >= 4 is 17.2 Å². The molecule has 2 aromatic rings. The van der Waals surface area contributed by atoms with E-state index in [0.29, 0.717) is 12.0 Å². The SMILES string of the molecule is CCC1CN(C(=O)c2sc(-c3ccccc3)nc2C)CC1N1CCOCC1. The number of hydrogen-bond donors (Lipinski definition) is 0. The maximum atomic E-state index is 13.3. The molecule has 4 rings (SSSR count). The molecule has 0 saturated carbocycles. The first-order valence-corrected chi connectivity index (χ1v) is 10.6. The fourth-order valence-electron chi connectivity index (χ4n) is 4.19. The lowest BCUT2D eigenvalue weighted by Crippen LogP contribution is -2.47. The first-order valence-electron chi connectivity index (χ1n) is 9.81. The molecule has 1 aromatic carbocycles. The molecule has 2 saturated heterocycles. The number of thiazole rings is 1. The van der Waals surface area contributed by atoms with Crippen molar-refractivity contribution in [1.29, 1.82) is 0 Å². The fourth-order valence-corrected chi connectivity index (χ4v) is 5.23. The van der Waals surface area contributed by atoms with E-state index < -0.39 is 0 Å². The van der Waals surface area contributed by atoms with Crippen molar-refractivity contribution in [3.05, 3.63) is 40.9 Å². The number of carbonyl (C=O) groups is 1. The van der Waals surface area contributed by atoms with Crippen LogP contribution in [0.25, 0.3) is 10.6 Å². The molecule has 27 heavy (non-hydrogen) atoms. The zero-order chi connectivity index (χ0) is 18.8. The van der Waals surface area contributed by atoms with Crippen LogP contribution in [0.5, 0.6) is 0 Å². The van der Waals surface area contributed by atoms with Gasteiger partial charge in [-0.2, -0.15) is 0 Å². The summed E-state index contributed by atoms with van der Waals surface area (Å²) < 4.78 is 5.50. The van der Waals surface area contributed by atoms with E-state index in [2.05, 4.69) is 16.8 Å². The second-order valence-electron chi connectivity index (χ2n) is 7.39. The molecule has 6 heteroatoms. The number of likely N-dealkylation sites (tertiary alicyclic amines) is 1.